The highest BCUT2D eigenvalue weighted by Crippen LogP contribution is 2.35. The second kappa shape index (κ2) is 11.5. The van der Waals surface area contributed by atoms with Crippen molar-refractivity contribution in [3.05, 3.63) is 65.2 Å². The van der Waals surface area contributed by atoms with E-state index in [4.69, 9.17) is 4.74 Å². The topological polar surface area (TPSA) is 120 Å². The molecule has 3 aromatic heterocycles. The van der Waals surface area contributed by atoms with Gasteiger partial charge in [-0.25, -0.2) is 23.7 Å². The van der Waals surface area contributed by atoms with Crippen molar-refractivity contribution < 1.29 is 23.1 Å². The summed E-state index contributed by atoms with van der Waals surface area (Å²) in [7, 11) is 3.59. The Kier molecular flexibility index (Phi) is 7.79. The molecule has 0 unspecified atom stereocenters. The van der Waals surface area contributed by atoms with Gasteiger partial charge in [-0.3, -0.25) is 9.59 Å². The van der Waals surface area contributed by atoms with Gasteiger partial charge in [-0.1, -0.05) is 0 Å². The highest BCUT2D eigenvalue weighted by molar-refractivity contribution is 6.01. The zero-order chi connectivity index (χ0) is 29.3. The maximum absolute atomic E-state index is 15.3. The number of hydrogen-bond donors (Lipinski definition) is 2. The zero-order valence-electron chi connectivity index (χ0n) is 23.2. The number of aromatic amines is 1. The Hall–Kier alpha value is -4.65. The average molecular weight is 565 g/mol. The van der Waals surface area contributed by atoms with Crippen molar-refractivity contribution in [2.75, 3.05) is 52.1 Å². The fourth-order valence-corrected chi connectivity index (χ4v) is 4.49. The third kappa shape index (κ3) is 5.66. The lowest BCUT2D eigenvalue weighted by Crippen LogP contribution is -2.47. The summed E-state index contributed by atoms with van der Waals surface area (Å²) in [4.78, 5) is 47.0. The molecular formula is C28H30F2N8O3. The van der Waals surface area contributed by atoms with Gasteiger partial charge >= 0.3 is 0 Å². The number of nitrogens with one attached hydrogen (secondary N) is 2. The number of hydrogen-bond acceptors (Lipinski definition) is 8. The smallest absolute Gasteiger partial charge is 0.262 e. The summed E-state index contributed by atoms with van der Waals surface area (Å²) in [5.74, 6) is -2.48. The number of carbonyl (C=O) groups excluding carboxylic acids is 2. The van der Waals surface area contributed by atoms with Crippen LogP contribution in [0.1, 0.15) is 33.3 Å². The molecule has 0 aliphatic carbocycles. The Labute approximate surface area is 235 Å². The molecule has 5 rings (SSSR count). The van der Waals surface area contributed by atoms with Gasteiger partial charge in [0.25, 0.3) is 11.8 Å². The molecule has 4 heterocycles. The number of likely N-dealkylation sites (N-methyl/N-ethyl adjacent to an activating group) is 1. The molecule has 41 heavy (non-hydrogen) atoms. The number of carbonyl (C=O) groups is 2. The maximum atomic E-state index is 15.3. The molecule has 4 aromatic rings. The Morgan fingerprint density at radius 2 is 1.88 bits per heavy atom. The fraction of sp³-hybridized carbons (Fsp3) is 0.321. The molecular weight excluding hydrogens is 534 g/mol. The van der Waals surface area contributed by atoms with Gasteiger partial charge < -0.3 is 29.7 Å². The van der Waals surface area contributed by atoms with E-state index in [1.807, 2.05) is 7.05 Å². The molecule has 13 heteroatoms. The molecule has 0 spiro atoms. The van der Waals surface area contributed by atoms with Crippen molar-refractivity contribution in [3.8, 4) is 11.6 Å². The van der Waals surface area contributed by atoms with Crippen LogP contribution in [0.4, 0.5) is 20.4 Å². The van der Waals surface area contributed by atoms with Gasteiger partial charge in [-0.2, -0.15) is 0 Å². The van der Waals surface area contributed by atoms with Crippen LogP contribution in [0.2, 0.25) is 0 Å². The number of aromatic nitrogens is 4. The normalized spacial score (nSPS) is 13.9. The number of H-pyrrole nitrogens is 1. The number of amides is 2. The molecule has 0 saturated carbocycles. The zero-order valence-corrected chi connectivity index (χ0v) is 23.2. The van der Waals surface area contributed by atoms with Crippen molar-refractivity contribution in [1.29, 1.82) is 0 Å². The average Bonchev–Trinajstić information content (AvgIpc) is 3.38. The van der Waals surface area contributed by atoms with E-state index < -0.39 is 23.3 Å². The van der Waals surface area contributed by atoms with Crippen LogP contribution in [0, 0.1) is 18.6 Å². The molecule has 2 amide bonds. The van der Waals surface area contributed by atoms with Crippen LogP contribution >= 0.6 is 0 Å². The van der Waals surface area contributed by atoms with Crippen LogP contribution in [0.15, 0.2) is 36.8 Å². The standard InChI is InChI=1S/C28H30F2N8O3/c1-5-37(4)28(40)22-25(35-21-7-6-17(14-31-21)27(39)38-10-8-36(3)9-11-38)32-15-33-26(22)41-20-13-19(29)24-18(23(20)30)12-16(2)34-24/h6-7,12-15,34H,5,8-11H2,1-4H3,(H,31,32,33,35). The van der Waals surface area contributed by atoms with Crippen LogP contribution in [0.3, 0.4) is 0 Å². The third-order valence-electron chi connectivity index (χ3n) is 7.00. The van der Waals surface area contributed by atoms with Gasteiger partial charge in [0, 0.05) is 63.1 Å². The van der Waals surface area contributed by atoms with E-state index in [9.17, 15) is 14.0 Å². The summed E-state index contributed by atoms with van der Waals surface area (Å²) in [6.07, 6.45) is 2.59. The van der Waals surface area contributed by atoms with Gasteiger partial charge in [0.15, 0.2) is 23.2 Å². The van der Waals surface area contributed by atoms with Gasteiger partial charge in [-0.15, -0.1) is 0 Å². The SMILES string of the molecule is CCN(C)C(=O)c1c(Nc2ccc(C(=O)N3CCN(C)CC3)cn2)ncnc1Oc1cc(F)c2[nH]c(C)cc2c1F. The van der Waals surface area contributed by atoms with Crippen molar-refractivity contribution in [1.82, 2.24) is 34.6 Å². The lowest BCUT2D eigenvalue weighted by atomic mass is 10.2. The largest absolute Gasteiger partial charge is 0.435 e. The van der Waals surface area contributed by atoms with Crippen LogP contribution in [-0.4, -0.2) is 93.3 Å². The monoisotopic (exact) mass is 564 g/mol. The van der Waals surface area contributed by atoms with Crippen molar-refractivity contribution in [2.45, 2.75) is 13.8 Å². The lowest BCUT2D eigenvalue weighted by Gasteiger charge is -2.32. The first kappa shape index (κ1) is 27.9. The second-order valence-corrected chi connectivity index (χ2v) is 9.89. The molecule has 1 aliphatic rings. The number of anilines is 2. The number of nitrogens with zero attached hydrogens (tertiary/aromatic N) is 6. The second-order valence-electron chi connectivity index (χ2n) is 9.89. The number of pyridine rings is 1. The molecule has 1 saturated heterocycles. The number of aryl methyl sites for hydroxylation is 1. The molecule has 1 fully saturated rings. The summed E-state index contributed by atoms with van der Waals surface area (Å²) in [6.45, 7) is 6.69. The van der Waals surface area contributed by atoms with E-state index in [0.717, 1.165) is 25.5 Å². The van der Waals surface area contributed by atoms with Gasteiger partial charge in [-0.05, 0) is 39.1 Å². The Morgan fingerprint density at radius 1 is 1.12 bits per heavy atom. The van der Waals surface area contributed by atoms with Crippen LogP contribution in [-0.2, 0) is 0 Å². The summed E-state index contributed by atoms with van der Waals surface area (Å²) in [5, 5.41) is 2.99. The summed E-state index contributed by atoms with van der Waals surface area (Å²) in [5.41, 5.74) is 0.927. The van der Waals surface area contributed by atoms with E-state index in [2.05, 4.69) is 30.2 Å². The number of piperazine rings is 1. The van der Waals surface area contributed by atoms with Gasteiger partial charge in [0.05, 0.1) is 11.1 Å². The molecule has 11 nitrogen and oxygen atoms in total. The van der Waals surface area contributed by atoms with E-state index >= 15 is 4.39 Å². The van der Waals surface area contributed by atoms with Gasteiger partial charge in [0.2, 0.25) is 5.88 Å². The lowest BCUT2D eigenvalue weighted by molar-refractivity contribution is 0.0663. The first-order valence-corrected chi connectivity index (χ1v) is 13.1. The number of halogens is 2. The van der Waals surface area contributed by atoms with Crippen molar-refractivity contribution >= 4 is 34.4 Å². The van der Waals surface area contributed by atoms with Crippen LogP contribution in [0.25, 0.3) is 10.9 Å². The van der Waals surface area contributed by atoms with E-state index in [1.54, 1.807) is 37.9 Å². The van der Waals surface area contributed by atoms with E-state index in [-0.39, 0.29) is 34.1 Å². The highest BCUT2D eigenvalue weighted by atomic mass is 19.1. The van der Waals surface area contributed by atoms with Gasteiger partial charge in [0.1, 0.15) is 17.7 Å². The Morgan fingerprint density at radius 3 is 2.56 bits per heavy atom. The number of benzene rings is 1. The summed E-state index contributed by atoms with van der Waals surface area (Å²) < 4.78 is 35.8. The van der Waals surface area contributed by atoms with Crippen LogP contribution in [0.5, 0.6) is 11.6 Å². The molecule has 1 aliphatic heterocycles. The molecule has 0 bridgehead atoms. The summed E-state index contributed by atoms with van der Waals surface area (Å²) in [6, 6.07) is 5.61. The minimum atomic E-state index is -0.802. The van der Waals surface area contributed by atoms with Crippen molar-refractivity contribution in [3.63, 3.8) is 0 Å². The first-order chi connectivity index (χ1) is 19.7. The third-order valence-corrected chi connectivity index (χ3v) is 7.00. The predicted octanol–water partition coefficient (Wildman–Crippen LogP) is 3.95. The predicted molar refractivity (Wildman–Crippen MR) is 149 cm³/mol. The molecule has 2 N–H and O–H groups in total. The maximum Gasteiger partial charge on any atom is 0.262 e. The first-order valence-electron chi connectivity index (χ1n) is 13.1. The number of ether oxygens (including phenoxy) is 1. The van der Waals surface area contributed by atoms with E-state index in [0.29, 0.717) is 36.7 Å². The van der Waals surface area contributed by atoms with Crippen LogP contribution < -0.4 is 10.1 Å². The summed E-state index contributed by atoms with van der Waals surface area (Å²) >= 11 is 0. The molecule has 214 valence electrons. The minimum absolute atomic E-state index is 0.0128. The number of fused-ring (bicyclic) bond motifs is 1. The quantitative estimate of drug-likeness (QED) is 0.346. The molecule has 0 radical (unpaired) electrons. The minimum Gasteiger partial charge on any atom is -0.435 e. The fourth-order valence-electron chi connectivity index (χ4n) is 4.49. The Bertz CT molecular complexity index is 1600. The van der Waals surface area contributed by atoms with Crippen molar-refractivity contribution in [2.24, 2.45) is 0 Å². The highest BCUT2D eigenvalue weighted by Gasteiger charge is 2.26. The number of rotatable bonds is 7. The molecule has 1 aromatic carbocycles. The van der Waals surface area contributed by atoms with E-state index in [1.165, 1.54) is 17.2 Å². The molecule has 0 atom stereocenters. The Balaban J connectivity index is 1.45.